The second kappa shape index (κ2) is 9.29. The molecule has 0 saturated carbocycles. The molecule has 0 amide bonds. The van der Waals surface area contributed by atoms with E-state index in [1.807, 2.05) is 31.2 Å². The van der Waals surface area contributed by atoms with Crippen molar-refractivity contribution in [2.45, 2.75) is 57.5 Å². The van der Waals surface area contributed by atoms with Gasteiger partial charge in [-0.15, -0.1) is 0 Å². The smallest absolute Gasteiger partial charge is 0.0840 e. The number of aliphatic hydroxyl groups is 3. The van der Waals surface area contributed by atoms with E-state index in [2.05, 4.69) is 9.80 Å². The summed E-state index contributed by atoms with van der Waals surface area (Å²) < 4.78 is 0. The minimum atomic E-state index is -0.697. The predicted molar refractivity (Wildman–Crippen MR) is 103 cm³/mol. The van der Waals surface area contributed by atoms with E-state index in [1.54, 1.807) is 0 Å². The molecule has 3 rings (SSSR count). The zero-order valence-corrected chi connectivity index (χ0v) is 15.9. The molecule has 2 aliphatic rings. The maximum Gasteiger partial charge on any atom is 0.0840 e. The average Bonchev–Trinajstić information content (AvgIpc) is 3.33. The molecule has 1 aromatic rings. The van der Waals surface area contributed by atoms with E-state index < -0.39 is 12.2 Å². The first-order chi connectivity index (χ1) is 12.6. The molecule has 0 bridgehead atoms. The Labute approximate surface area is 157 Å². The Morgan fingerprint density at radius 1 is 1.04 bits per heavy atom. The van der Waals surface area contributed by atoms with E-state index >= 15 is 0 Å². The predicted octanol–water partition coefficient (Wildman–Crippen LogP) is 1.77. The van der Waals surface area contributed by atoms with Crippen molar-refractivity contribution in [3.63, 3.8) is 0 Å². The molecule has 0 aromatic heterocycles. The molecule has 0 radical (unpaired) electrons. The highest BCUT2D eigenvalue weighted by Gasteiger charge is 2.32. The number of rotatable bonds is 8. The van der Waals surface area contributed by atoms with Crippen molar-refractivity contribution in [3.8, 4) is 0 Å². The van der Waals surface area contributed by atoms with Crippen LogP contribution in [0.5, 0.6) is 0 Å². The van der Waals surface area contributed by atoms with Gasteiger partial charge in [-0.3, -0.25) is 4.90 Å². The van der Waals surface area contributed by atoms with Crippen LogP contribution < -0.4 is 0 Å². The SMILES string of the molecule is C[C@@H]([C@H](O)c1ccc(CO)cc1)[C@@H](O)CN1CCC[C@H]1CN1CCCC1. The highest BCUT2D eigenvalue weighted by molar-refractivity contribution is 5.24. The van der Waals surface area contributed by atoms with Crippen LogP contribution in [0.25, 0.3) is 0 Å². The van der Waals surface area contributed by atoms with Gasteiger partial charge >= 0.3 is 0 Å². The summed E-state index contributed by atoms with van der Waals surface area (Å²) in [5, 5.41) is 30.5. The largest absolute Gasteiger partial charge is 0.392 e. The number of benzene rings is 1. The molecule has 3 N–H and O–H groups in total. The van der Waals surface area contributed by atoms with Gasteiger partial charge in [0.05, 0.1) is 18.8 Å². The first-order valence-electron chi connectivity index (χ1n) is 10.1. The lowest BCUT2D eigenvalue weighted by Crippen LogP contribution is -2.44. The second-order valence-corrected chi connectivity index (χ2v) is 8.07. The van der Waals surface area contributed by atoms with Gasteiger partial charge in [0.2, 0.25) is 0 Å². The summed E-state index contributed by atoms with van der Waals surface area (Å²) in [5.74, 6) is -0.233. The minimum Gasteiger partial charge on any atom is -0.392 e. The maximum atomic E-state index is 10.7. The van der Waals surface area contributed by atoms with Crippen LogP contribution in [0.15, 0.2) is 24.3 Å². The molecular weight excluding hydrogens is 328 g/mol. The Balaban J connectivity index is 1.54. The summed E-state index contributed by atoms with van der Waals surface area (Å²) >= 11 is 0. The van der Waals surface area contributed by atoms with Crippen molar-refractivity contribution in [2.24, 2.45) is 5.92 Å². The van der Waals surface area contributed by atoms with Gasteiger partial charge < -0.3 is 20.2 Å². The first-order valence-corrected chi connectivity index (χ1v) is 10.1. The van der Waals surface area contributed by atoms with Crippen molar-refractivity contribution in [3.05, 3.63) is 35.4 Å². The van der Waals surface area contributed by atoms with Crippen molar-refractivity contribution in [1.29, 1.82) is 0 Å². The van der Waals surface area contributed by atoms with Gasteiger partial charge in [0.25, 0.3) is 0 Å². The summed E-state index contributed by atoms with van der Waals surface area (Å²) in [6.45, 7) is 7.14. The Hall–Kier alpha value is -0.980. The summed E-state index contributed by atoms with van der Waals surface area (Å²) in [6, 6.07) is 7.86. The molecule has 146 valence electrons. The number of hydrogen-bond donors (Lipinski definition) is 3. The highest BCUT2D eigenvalue weighted by Crippen LogP contribution is 2.27. The van der Waals surface area contributed by atoms with Gasteiger partial charge in [-0.1, -0.05) is 31.2 Å². The number of nitrogens with zero attached hydrogens (tertiary/aromatic N) is 2. The zero-order chi connectivity index (χ0) is 18.5. The lowest BCUT2D eigenvalue weighted by Gasteiger charge is -2.33. The topological polar surface area (TPSA) is 67.2 Å². The summed E-state index contributed by atoms with van der Waals surface area (Å²) in [6.07, 6.45) is 3.79. The molecule has 26 heavy (non-hydrogen) atoms. The fourth-order valence-corrected chi connectivity index (χ4v) is 4.35. The molecule has 2 fully saturated rings. The van der Waals surface area contributed by atoms with E-state index in [1.165, 1.54) is 38.8 Å². The van der Waals surface area contributed by atoms with Crippen LogP contribution in [-0.2, 0) is 6.61 Å². The molecular formula is C21H34N2O3. The van der Waals surface area contributed by atoms with Crippen molar-refractivity contribution in [1.82, 2.24) is 9.80 Å². The molecule has 5 heteroatoms. The summed E-state index contributed by atoms with van der Waals surface area (Å²) in [4.78, 5) is 4.97. The third kappa shape index (κ3) is 4.84. The molecule has 0 unspecified atom stereocenters. The van der Waals surface area contributed by atoms with Crippen LogP contribution in [0.2, 0.25) is 0 Å². The molecule has 0 aliphatic carbocycles. The number of β-amino-alcohol motifs (C(OH)–C–C–N with tert-alkyl or cyclic N) is 1. The monoisotopic (exact) mass is 362 g/mol. The van der Waals surface area contributed by atoms with Crippen LogP contribution >= 0.6 is 0 Å². The van der Waals surface area contributed by atoms with E-state index in [0.717, 1.165) is 24.2 Å². The van der Waals surface area contributed by atoms with E-state index in [-0.39, 0.29) is 12.5 Å². The summed E-state index contributed by atoms with van der Waals surface area (Å²) in [7, 11) is 0. The average molecular weight is 363 g/mol. The van der Waals surface area contributed by atoms with Crippen molar-refractivity contribution >= 4 is 0 Å². The maximum absolute atomic E-state index is 10.7. The molecule has 2 saturated heterocycles. The van der Waals surface area contributed by atoms with Crippen LogP contribution in [-0.4, -0.2) is 70.0 Å². The third-order valence-electron chi connectivity index (χ3n) is 6.20. The summed E-state index contributed by atoms with van der Waals surface area (Å²) in [5.41, 5.74) is 1.62. The molecule has 2 heterocycles. The minimum absolute atomic E-state index is 0.00190. The van der Waals surface area contributed by atoms with E-state index in [0.29, 0.717) is 12.6 Å². The van der Waals surface area contributed by atoms with Gasteiger partial charge in [-0.05, 0) is 56.4 Å². The number of likely N-dealkylation sites (tertiary alicyclic amines) is 2. The first kappa shape index (κ1) is 19.8. The Kier molecular flexibility index (Phi) is 7.06. The molecule has 4 atom stereocenters. The highest BCUT2D eigenvalue weighted by atomic mass is 16.3. The normalized spacial score (nSPS) is 25.5. The van der Waals surface area contributed by atoms with E-state index in [9.17, 15) is 10.2 Å². The van der Waals surface area contributed by atoms with Gasteiger partial charge in [0, 0.05) is 25.0 Å². The van der Waals surface area contributed by atoms with Gasteiger partial charge in [-0.25, -0.2) is 0 Å². The fraction of sp³-hybridized carbons (Fsp3) is 0.714. The quantitative estimate of drug-likeness (QED) is 0.658. The van der Waals surface area contributed by atoms with Crippen molar-refractivity contribution < 1.29 is 15.3 Å². The lowest BCUT2D eigenvalue weighted by atomic mass is 9.91. The van der Waals surface area contributed by atoms with Crippen LogP contribution in [0.4, 0.5) is 0 Å². The standard InChI is InChI=1S/C21H34N2O3/c1-16(21(26)18-8-6-17(15-24)7-9-18)20(25)14-23-12-4-5-19(23)13-22-10-2-3-11-22/h6-9,16,19-21,24-26H,2-5,10-15H2,1H3/t16-,19+,20+,21+/m1/s1. The van der Waals surface area contributed by atoms with Crippen LogP contribution in [0.3, 0.4) is 0 Å². The lowest BCUT2D eigenvalue weighted by molar-refractivity contribution is -0.00221. The number of hydrogen-bond acceptors (Lipinski definition) is 5. The molecule has 2 aliphatic heterocycles. The molecule has 1 aromatic carbocycles. The Morgan fingerprint density at radius 2 is 1.73 bits per heavy atom. The van der Waals surface area contributed by atoms with E-state index in [4.69, 9.17) is 5.11 Å². The third-order valence-corrected chi connectivity index (χ3v) is 6.20. The Bertz CT molecular complexity index is 545. The van der Waals surface area contributed by atoms with Crippen LogP contribution in [0, 0.1) is 5.92 Å². The van der Waals surface area contributed by atoms with Crippen molar-refractivity contribution in [2.75, 3.05) is 32.7 Å². The second-order valence-electron chi connectivity index (χ2n) is 8.07. The van der Waals surface area contributed by atoms with Crippen LogP contribution in [0.1, 0.15) is 49.8 Å². The van der Waals surface area contributed by atoms with Gasteiger partial charge in [0.1, 0.15) is 0 Å². The zero-order valence-electron chi connectivity index (χ0n) is 15.9. The molecule has 0 spiro atoms. The molecule has 5 nitrogen and oxygen atoms in total. The fourth-order valence-electron chi connectivity index (χ4n) is 4.35. The number of aliphatic hydroxyl groups excluding tert-OH is 3. The van der Waals surface area contributed by atoms with Gasteiger partial charge in [-0.2, -0.15) is 0 Å². The Morgan fingerprint density at radius 3 is 2.38 bits per heavy atom. The van der Waals surface area contributed by atoms with Gasteiger partial charge in [0.15, 0.2) is 0 Å².